The summed E-state index contributed by atoms with van der Waals surface area (Å²) in [5, 5.41) is 0. The van der Waals surface area contributed by atoms with Crippen molar-refractivity contribution < 1.29 is 13.2 Å². The minimum Gasteiger partial charge on any atom is -0.494 e. The molecular formula is C12H19NO3S. The minimum atomic E-state index is -3.12. The fourth-order valence-corrected chi connectivity index (χ4v) is 2.03. The van der Waals surface area contributed by atoms with Gasteiger partial charge in [0.25, 0.3) is 0 Å². The molecule has 1 rings (SSSR count). The molecule has 0 heterocycles. The second-order valence-electron chi connectivity index (χ2n) is 3.94. The van der Waals surface area contributed by atoms with Crippen molar-refractivity contribution in [2.75, 3.05) is 19.4 Å². The number of nitrogens with two attached hydrogens (primary N) is 1. The van der Waals surface area contributed by atoms with Crippen molar-refractivity contribution >= 4 is 9.84 Å². The monoisotopic (exact) mass is 257 g/mol. The Hall–Kier alpha value is -1.07. The van der Waals surface area contributed by atoms with Crippen LogP contribution >= 0.6 is 0 Å². The summed E-state index contributed by atoms with van der Waals surface area (Å²) in [5.74, 6) is 0.699. The third kappa shape index (κ3) is 5.19. The molecule has 0 aromatic heterocycles. The van der Waals surface area contributed by atoms with Crippen molar-refractivity contribution in [2.45, 2.75) is 24.2 Å². The van der Waals surface area contributed by atoms with Gasteiger partial charge in [-0.15, -0.1) is 0 Å². The molecule has 1 aromatic carbocycles. The summed E-state index contributed by atoms with van der Waals surface area (Å²) in [7, 11) is -3.12. The lowest BCUT2D eigenvalue weighted by Crippen LogP contribution is -2.02. The van der Waals surface area contributed by atoms with Crippen molar-refractivity contribution in [3.63, 3.8) is 0 Å². The first-order chi connectivity index (χ1) is 8.04. The van der Waals surface area contributed by atoms with Crippen molar-refractivity contribution in [1.29, 1.82) is 0 Å². The number of sulfone groups is 1. The zero-order valence-electron chi connectivity index (χ0n) is 10.1. The van der Waals surface area contributed by atoms with Crippen LogP contribution in [0.3, 0.4) is 0 Å². The smallest absolute Gasteiger partial charge is 0.175 e. The molecule has 0 amide bonds. The summed E-state index contributed by atoms with van der Waals surface area (Å²) in [4.78, 5) is 0.313. The number of rotatable bonds is 7. The maximum absolute atomic E-state index is 11.2. The van der Waals surface area contributed by atoms with Crippen LogP contribution in [0.1, 0.15) is 19.3 Å². The third-order valence-electron chi connectivity index (χ3n) is 2.37. The molecule has 4 nitrogen and oxygen atoms in total. The fourth-order valence-electron chi connectivity index (χ4n) is 1.40. The first-order valence-electron chi connectivity index (χ1n) is 5.67. The van der Waals surface area contributed by atoms with Gasteiger partial charge in [-0.2, -0.15) is 0 Å². The molecule has 0 spiro atoms. The number of hydrogen-bond acceptors (Lipinski definition) is 4. The molecule has 2 N–H and O–H groups in total. The van der Waals surface area contributed by atoms with Crippen molar-refractivity contribution in [2.24, 2.45) is 5.73 Å². The van der Waals surface area contributed by atoms with Crippen LogP contribution in [-0.2, 0) is 9.84 Å². The van der Waals surface area contributed by atoms with E-state index in [9.17, 15) is 8.42 Å². The highest BCUT2D eigenvalue weighted by atomic mass is 32.2. The quantitative estimate of drug-likeness (QED) is 0.753. The fraction of sp³-hybridized carbons (Fsp3) is 0.500. The van der Waals surface area contributed by atoms with Crippen LogP contribution in [0.25, 0.3) is 0 Å². The Morgan fingerprint density at radius 2 is 1.76 bits per heavy atom. The zero-order chi connectivity index (χ0) is 12.7. The van der Waals surface area contributed by atoms with Gasteiger partial charge in [0.05, 0.1) is 11.5 Å². The molecule has 0 saturated carbocycles. The van der Waals surface area contributed by atoms with E-state index in [1.165, 1.54) is 6.26 Å². The van der Waals surface area contributed by atoms with Crippen LogP contribution in [0.5, 0.6) is 5.75 Å². The van der Waals surface area contributed by atoms with E-state index in [2.05, 4.69) is 0 Å². The number of benzene rings is 1. The Morgan fingerprint density at radius 1 is 1.12 bits per heavy atom. The van der Waals surface area contributed by atoms with E-state index in [1.807, 2.05) is 0 Å². The second-order valence-corrected chi connectivity index (χ2v) is 5.96. The summed E-state index contributed by atoms with van der Waals surface area (Å²) < 4.78 is 27.9. The van der Waals surface area contributed by atoms with Gasteiger partial charge in [0, 0.05) is 6.26 Å². The van der Waals surface area contributed by atoms with Crippen LogP contribution in [0.2, 0.25) is 0 Å². The van der Waals surface area contributed by atoms with E-state index in [0.29, 0.717) is 23.8 Å². The molecule has 96 valence electrons. The molecule has 0 aliphatic rings. The largest absolute Gasteiger partial charge is 0.494 e. The average Bonchev–Trinajstić information content (AvgIpc) is 2.28. The lowest BCUT2D eigenvalue weighted by molar-refractivity contribution is 0.305. The van der Waals surface area contributed by atoms with Crippen molar-refractivity contribution in [3.05, 3.63) is 24.3 Å². The van der Waals surface area contributed by atoms with E-state index in [0.717, 1.165) is 19.3 Å². The SMILES string of the molecule is CS(=O)(=O)c1ccc(OCCCCCN)cc1. The lowest BCUT2D eigenvalue weighted by atomic mass is 10.2. The molecule has 0 atom stereocenters. The van der Waals surface area contributed by atoms with Gasteiger partial charge in [0.15, 0.2) is 9.84 Å². The Kier molecular flexibility index (Phi) is 5.44. The number of hydrogen-bond donors (Lipinski definition) is 1. The molecule has 0 unspecified atom stereocenters. The molecule has 0 bridgehead atoms. The highest BCUT2D eigenvalue weighted by molar-refractivity contribution is 7.90. The molecule has 5 heteroatoms. The van der Waals surface area contributed by atoms with Crippen LogP contribution in [0.15, 0.2) is 29.2 Å². The molecule has 0 aliphatic heterocycles. The summed E-state index contributed by atoms with van der Waals surface area (Å²) in [6, 6.07) is 6.48. The molecule has 0 radical (unpaired) electrons. The van der Waals surface area contributed by atoms with E-state index in [-0.39, 0.29) is 0 Å². The normalized spacial score (nSPS) is 11.4. The van der Waals surface area contributed by atoms with Crippen LogP contribution in [-0.4, -0.2) is 27.8 Å². The van der Waals surface area contributed by atoms with Gasteiger partial charge in [-0.3, -0.25) is 0 Å². The van der Waals surface area contributed by atoms with Gasteiger partial charge in [0.2, 0.25) is 0 Å². The van der Waals surface area contributed by atoms with E-state index in [4.69, 9.17) is 10.5 Å². The van der Waals surface area contributed by atoms with E-state index in [1.54, 1.807) is 24.3 Å². The van der Waals surface area contributed by atoms with E-state index < -0.39 is 9.84 Å². The zero-order valence-corrected chi connectivity index (χ0v) is 10.9. The van der Waals surface area contributed by atoms with Gasteiger partial charge in [-0.05, 0) is 50.1 Å². The van der Waals surface area contributed by atoms with Crippen LogP contribution in [0, 0.1) is 0 Å². The molecule has 1 aromatic rings. The van der Waals surface area contributed by atoms with Gasteiger partial charge in [0.1, 0.15) is 5.75 Å². The van der Waals surface area contributed by atoms with Gasteiger partial charge in [-0.1, -0.05) is 0 Å². The summed E-state index contributed by atoms with van der Waals surface area (Å²) in [6.45, 7) is 1.35. The topological polar surface area (TPSA) is 69.4 Å². The Bertz CT molecular complexity index is 426. The molecular weight excluding hydrogens is 238 g/mol. The summed E-state index contributed by atoms with van der Waals surface area (Å²) in [6.07, 6.45) is 4.22. The van der Waals surface area contributed by atoms with Crippen LogP contribution < -0.4 is 10.5 Å². The number of unbranched alkanes of at least 4 members (excludes halogenated alkanes) is 2. The summed E-state index contributed by atoms with van der Waals surface area (Å²) in [5.41, 5.74) is 5.38. The first-order valence-corrected chi connectivity index (χ1v) is 7.56. The first kappa shape index (κ1) is 14.0. The minimum absolute atomic E-state index is 0.313. The highest BCUT2D eigenvalue weighted by Crippen LogP contribution is 2.16. The third-order valence-corrected chi connectivity index (χ3v) is 3.50. The maximum Gasteiger partial charge on any atom is 0.175 e. The summed E-state index contributed by atoms with van der Waals surface area (Å²) >= 11 is 0. The predicted octanol–water partition coefficient (Wildman–Crippen LogP) is 1.60. The standard InChI is InChI=1S/C12H19NO3S/c1-17(14,15)12-7-5-11(6-8-12)16-10-4-2-3-9-13/h5-8H,2-4,9-10,13H2,1H3. The van der Waals surface area contributed by atoms with Gasteiger partial charge >= 0.3 is 0 Å². The second kappa shape index (κ2) is 6.61. The molecule has 0 saturated heterocycles. The Morgan fingerprint density at radius 3 is 2.29 bits per heavy atom. The van der Waals surface area contributed by atoms with Crippen LogP contribution in [0.4, 0.5) is 0 Å². The lowest BCUT2D eigenvalue weighted by Gasteiger charge is -2.06. The Labute approximate surface area is 103 Å². The maximum atomic E-state index is 11.2. The van der Waals surface area contributed by atoms with E-state index >= 15 is 0 Å². The average molecular weight is 257 g/mol. The van der Waals surface area contributed by atoms with Crippen molar-refractivity contribution in [3.8, 4) is 5.75 Å². The van der Waals surface area contributed by atoms with Gasteiger partial charge < -0.3 is 10.5 Å². The van der Waals surface area contributed by atoms with Gasteiger partial charge in [-0.25, -0.2) is 8.42 Å². The highest BCUT2D eigenvalue weighted by Gasteiger charge is 2.06. The predicted molar refractivity (Wildman–Crippen MR) is 68.0 cm³/mol. The molecule has 0 fully saturated rings. The molecule has 17 heavy (non-hydrogen) atoms. The molecule has 0 aliphatic carbocycles. The Balaban J connectivity index is 2.41. The number of ether oxygens (including phenoxy) is 1. The van der Waals surface area contributed by atoms with Crippen molar-refractivity contribution in [1.82, 2.24) is 0 Å².